The first kappa shape index (κ1) is 16.9. The Kier molecular flexibility index (Phi) is 5.37. The first-order valence-corrected chi connectivity index (χ1v) is 9.75. The van der Waals surface area contributed by atoms with Crippen LogP contribution in [0.15, 0.2) is 0 Å². The average molecular weight is 336 g/mol. The quantitative estimate of drug-likeness (QED) is 0.829. The standard InChI is InChI=1S/C18H29N3OS/c1-13-17(23-14(2)19-13)12-21-9-7-15(8-10-21)11-20(3)18(22)16-5-4-6-16/h15-16H,4-12H2,1-3H3. The number of likely N-dealkylation sites (tertiary alicyclic amines) is 1. The van der Waals surface area contributed by atoms with E-state index in [9.17, 15) is 4.79 Å². The number of piperidine rings is 1. The van der Waals surface area contributed by atoms with Gasteiger partial charge in [-0.15, -0.1) is 11.3 Å². The summed E-state index contributed by atoms with van der Waals surface area (Å²) in [6.45, 7) is 8.48. The second kappa shape index (κ2) is 7.31. The topological polar surface area (TPSA) is 36.4 Å². The van der Waals surface area contributed by atoms with Crippen LogP contribution in [0.4, 0.5) is 0 Å². The third-order valence-corrected chi connectivity index (χ3v) is 6.49. The molecular formula is C18H29N3OS. The number of carbonyl (C=O) groups excluding carboxylic acids is 1. The van der Waals surface area contributed by atoms with E-state index in [2.05, 4.69) is 23.7 Å². The van der Waals surface area contributed by atoms with Crippen molar-refractivity contribution in [2.75, 3.05) is 26.7 Å². The summed E-state index contributed by atoms with van der Waals surface area (Å²) in [5.74, 6) is 1.39. The van der Waals surface area contributed by atoms with Gasteiger partial charge in [-0.2, -0.15) is 0 Å². The highest BCUT2D eigenvalue weighted by atomic mass is 32.1. The lowest BCUT2D eigenvalue weighted by Crippen LogP contribution is -2.42. The maximum absolute atomic E-state index is 12.3. The number of hydrogen-bond donors (Lipinski definition) is 0. The lowest BCUT2D eigenvalue weighted by atomic mass is 9.84. The van der Waals surface area contributed by atoms with E-state index in [4.69, 9.17) is 0 Å². The summed E-state index contributed by atoms with van der Waals surface area (Å²) in [5, 5.41) is 1.17. The van der Waals surface area contributed by atoms with Gasteiger partial charge in [0, 0.05) is 30.9 Å². The summed E-state index contributed by atoms with van der Waals surface area (Å²) in [7, 11) is 2.00. The van der Waals surface area contributed by atoms with Crippen molar-refractivity contribution in [3.8, 4) is 0 Å². The Balaban J connectivity index is 1.43. The second-order valence-electron chi connectivity index (χ2n) is 7.31. The van der Waals surface area contributed by atoms with Crippen LogP contribution in [0.1, 0.15) is 47.7 Å². The summed E-state index contributed by atoms with van der Waals surface area (Å²) in [4.78, 5) is 22.7. The molecule has 1 aliphatic carbocycles. The molecule has 3 rings (SSSR count). The summed E-state index contributed by atoms with van der Waals surface area (Å²) < 4.78 is 0. The molecule has 2 fully saturated rings. The number of rotatable bonds is 5. The molecule has 2 heterocycles. The largest absolute Gasteiger partial charge is 0.345 e. The third kappa shape index (κ3) is 4.13. The van der Waals surface area contributed by atoms with Crippen molar-refractivity contribution >= 4 is 17.2 Å². The fraction of sp³-hybridized carbons (Fsp3) is 0.778. The molecule has 0 bridgehead atoms. The van der Waals surface area contributed by atoms with E-state index in [1.165, 1.54) is 34.8 Å². The van der Waals surface area contributed by atoms with Gasteiger partial charge in [-0.05, 0) is 58.5 Å². The number of thiazole rings is 1. The fourth-order valence-electron chi connectivity index (χ4n) is 3.69. The Hall–Kier alpha value is -0.940. The minimum Gasteiger partial charge on any atom is -0.345 e. The number of aryl methyl sites for hydroxylation is 2. The summed E-state index contributed by atoms with van der Waals surface area (Å²) in [5.41, 5.74) is 1.19. The van der Waals surface area contributed by atoms with Crippen molar-refractivity contribution in [1.29, 1.82) is 0 Å². The predicted molar refractivity (Wildman–Crippen MR) is 94.6 cm³/mol. The average Bonchev–Trinajstić information content (AvgIpc) is 2.77. The van der Waals surface area contributed by atoms with Gasteiger partial charge in [0.05, 0.1) is 10.7 Å². The number of hydrogen-bond acceptors (Lipinski definition) is 4. The minimum absolute atomic E-state index is 0.331. The van der Waals surface area contributed by atoms with Gasteiger partial charge < -0.3 is 4.90 Å². The van der Waals surface area contributed by atoms with Crippen molar-refractivity contribution in [3.05, 3.63) is 15.6 Å². The third-order valence-electron chi connectivity index (χ3n) is 5.44. The van der Waals surface area contributed by atoms with Crippen LogP contribution in [0.2, 0.25) is 0 Å². The highest BCUT2D eigenvalue weighted by Gasteiger charge is 2.29. The first-order chi connectivity index (χ1) is 11.0. The van der Waals surface area contributed by atoms with Crippen LogP contribution in [0.3, 0.4) is 0 Å². The van der Waals surface area contributed by atoms with Gasteiger partial charge in [-0.3, -0.25) is 9.69 Å². The summed E-state index contributed by atoms with van der Waals surface area (Å²) in [6, 6.07) is 0. The molecule has 128 valence electrons. The van der Waals surface area contributed by atoms with Gasteiger partial charge in [-0.1, -0.05) is 6.42 Å². The minimum atomic E-state index is 0.331. The van der Waals surface area contributed by atoms with Gasteiger partial charge in [0.1, 0.15) is 0 Å². The van der Waals surface area contributed by atoms with E-state index in [1.54, 1.807) is 0 Å². The molecule has 1 aliphatic heterocycles. The van der Waals surface area contributed by atoms with Crippen molar-refractivity contribution in [3.63, 3.8) is 0 Å². The molecule has 1 aromatic heterocycles. The zero-order chi connectivity index (χ0) is 16.4. The SMILES string of the molecule is Cc1nc(C)c(CN2CCC(CN(C)C(=O)C3CCC3)CC2)s1. The lowest BCUT2D eigenvalue weighted by molar-refractivity contribution is -0.137. The highest BCUT2D eigenvalue weighted by Crippen LogP contribution is 2.29. The normalized spacial score (nSPS) is 20.5. The lowest BCUT2D eigenvalue weighted by Gasteiger charge is -2.35. The zero-order valence-electron chi connectivity index (χ0n) is 14.7. The van der Waals surface area contributed by atoms with E-state index in [-0.39, 0.29) is 0 Å². The highest BCUT2D eigenvalue weighted by molar-refractivity contribution is 7.11. The molecule has 5 heteroatoms. The van der Waals surface area contributed by atoms with E-state index < -0.39 is 0 Å². The molecule has 0 radical (unpaired) electrons. The first-order valence-electron chi connectivity index (χ1n) is 8.93. The van der Waals surface area contributed by atoms with Crippen LogP contribution in [-0.2, 0) is 11.3 Å². The fourth-order valence-corrected chi connectivity index (χ4v) is 4.67. The van der Waals surface area contributed by atoms with Crippen molar-refractivity contribution in [1.82, 2.24) is 14.8 Å². The monoisotopic (exact) mass is 335 g/mol. The Morgan fingerprint density at radius 1 is 1.26 bits per heavy atom. The van der Waals surface area contributed by atoms with Crippen LogP contribution in [0.25, 0.3) is 0 Å². The molecule has 4 nitrogen and oxygen atoms in total. The molecule has 23 heavy (non-hydrogen) atoms. The Bertz CT molecular complexity index is 544. The van der Waals surface area contributed by atoms with Gasteiger partial charge in [-0.25, -0.2) is 4.98 Å². The maximum Gasteiger partial charge on any atom is 0.225 e. The molecule has 1 aromatic rings. The number of nitrogens with zero attached hydrogens (tertiary/aromatic N) is 3. The Labute approximate surface area is 143 Å². The van der Waals surface area contributed by atoms with Crippen LogP contribution in [0.5, 0.6) is 0 Å². The zero-order valence-corrected chi connectivity index (χ0v) is 15.5. The van der Waals surface area contributed by atoms with Gasteiger partial charge in [0.15, 0.2) is 0 Å². The molecular weight excluding hydrogens is 306 g/mol. The summed E-state index contributed by atoms with van der Waals surface area (Å²) >= 11 is 1.83. The molecule has 1 saturated carbocycles. The van der Waals surface area contributed by atoms with Crippen LogP contribution < -0.4 is 0 Å². The predicted octanol–water partition coefficient (Wildman–Crippen LogP) is 3.23. The Morgan fingerprint density at radius 3 is 2.48 bits per heavy atom. The van der Waals surface area contributed by atoms with Crippen molar-refractivity contribution < 1.29 is 4.79 Å². The van der Waals surface area contributed by atoms with E-state index in [0.29, 0.717) is 17.7 Å². The van der Waals surface area contributed by atoms with E-state index in [1.807, 2.05) is 23.3 Å². The summed E-state index contributed by atoms with van der Waals surface area (Å²) in [6.07, 6.45) is 5.86. The molecule has 2 aliphatic rings. The van der Waals surface area contributed by atoms with Gasteiger partial charge in [0.25, 0.3) is 0 Å². The van der Waals surface area contributed by atoms with Crippen LogP contribution in [0, 0.1) is 25.7 Å². The molecule has 0 N–H and O–H groups in total. The molecule has 0 unspecified atom stereocenters. The maximum atomic E-state index is 12.3. The van der Waals surface area contributed by atoms with Crippen molar-refractivity contribution in [2.45, 2.75) is 52.5 Å². The molecule has 0 atom stereocenters. The van der Waals surface area contributed by atoms with Crippen molar-refractivity contribution in [2.24, 2.45) is 11.8 Å². The molecule has 1 amide bonds. The Morgan fingerprint density at radius 2 is 1.96 bits per heavy atom. The van der Waals surface area contributed by atoms with Crippen LogP contribution >= 0.6 is 11.3 Å². The van der Waals surface area contributed by atoms with Gasteiger partial charge in [0.2, 0.25) is 5.91 Å². The number of carbonyl (C=O) groups is 1. The van der Waals surface area contributed by atoms with E-state index >= 15 is 0 Å². The number of amides is 1. The molecule has 1 saturated heterocycles. The number of aromatic nitrogens is 1. The van der Waals surface area contributed by atoms with Gasteiger partial charge >= 0.3 is 0 Å². The molecule has 0 spiro atoms. The van der Waals surface area contributed by atoms with E-state index in [0.717, 1.165) is 39.0 Å². The smallest absolute Gasteiger partial charge is 0.225 e. The molecule has 0 aromatic carbocycles. The van der Waals surface area contributed by atoms with Crippen LogP contribution in [-0.4, -0.2) is 47.4 Å². The second-order valence-corrected chi connectivity index (χ2v) is 8.60.